The summed E-state index contributed by atoms with van der Waals surface area (Å²) in [5, 5.41) is 11.3. The van der Waals surface area contributed by atoms with Gasteiger partial charge in [0.1, 0.15) is 5.82 Å². The fourth-order valence-electron chi connectivity index (χ4n) is 1.44. The van der Waals surface area contributed by atoms with Crippen LogP contribution in [0.1, 0.15) is 39.2 Å². The van der Waals surface area contributed by atoms with E-state index in [2.05, 4.69) is 36.3 Å². The zero-order valence-electron chi connectivity index (χ0n) is 10.1. The highest BCUT2D eigenvalue weighted by molar-refractivity contribution is 5.35. The number of aromatic nitrogens is 2. The minimum absolute atomic E-state index is 0.462. The third kappa shape index (κ3) is 4.77. The van der Waals surface area contributed by atoms with Crippen LogP contribution in [-0.2, 0) is 0 Å². The maximum absolute atomic E-state index is 4.05. The summed E-state index contributed by atoms with van der Waals surface area (Å²) in [6.07, 6.45) is 4.19. The smallest absolute Gasteiger partial charge is 0.149 e. The van der Waals surface area contributed by atoms with E-state index in [0.29, 0.717) is 6.04 Å². The first-order valence-electron chi connectivity index (χ1n) is 5.64. The van der Waals surface area contributed by atoms with E-state index in [9.17, 15) is 0 Å². The van der Waals surface area contributed by atoms with E-state index in [1.807, 2.05) is 13.0 Å². The Hall–Kier alpha value is -1.12. The largest absolute Gasteiger partial charge is 0.366 e. The molecule has 1 unspecified atom stereocenters. The Kier molecular flexibility index (Phi) is 4.53. The van der Waals surface area contributed by atoms with E-state index < -0.39 is 0 Å². The monoisotopic (exact) mass is 207 g/mol. The second-order valence-electron chi connectivity index (χ2n) is 4.63. The van der Waals surface area contributed by atoms with Crippen molar-refractivity contribution in [2.24, 2.45) is 5.92 Å². The van der Waals surface area contributed by atoms with Gasteiger partial charge in [-0.05, 0) is 44.2 Å². The Labute approximate surface area is 92.3 Å². The first kappa shape index (κ1) is 12.0. The first-order chi connectivity index (χ1) is 7.08. The van der Waals surface area contributed by atoms with Crippen molar-refractivity contribution in [3.8, 4) is 0 Å². The Balaban J connectivity index is 2.40. The fourth-order valence-corrected chi connectivity index (χ4v) is 1.44. The molecule has 0 amide bonds. The summed E-state index contributed by atoms with van der Waals surface area (Å²) < 4.78 is 0. The molecule has 1 aromatic heterocycles. The predicted octanol–water partition coefficient (Wildman–Crippen LogP) is 3.02. The van der Waals surface area contributed by atoms with Crippen LogP contribution < -0.4 is 5.32 Å². The molecule has 0 aliphatic heterocycles. The molecule has 15 heavy (non-hydrogen) atoms. The molecular weight excluding hydrogens is 186 g/mol. The molecule has 0 aromatic carbocycles. The summed E-state index contributed by atoms with van der Waals surface area (Å²) in [7, 11) is 0. The van der Waals surface area contributed by atoms with Crippen molar-refractivity contribution in [3.63, 3.8) is 0 Å². The van der Waals surface area contributed by atoms with Gasteiger partial charge in [0.15, 0.2) is 0 Å². The molecule has 0 aliphatic rings. The number of rotatable bonds is 5. The van der Waals surface area contributed by atoms with Crippen LogP contribution in [0.4, 0.5) is 5.82 Å². The van der Waals surface area contributed by atoms with E-state index in [4.69, 9.17) is 0 Å². The van der Waals surface area contributed by atoms with Gasteiger partial charge in [0.2, 0.25) is 0 Å². The lowest BCUT2D eigenvalue weighted by atomic mass is 10.0. The lowest BCUT2D eigenvalue weighted by Crippen LogP contribution is -2.17. The average Bonchev–Trinajstić information content (AvgIpc) is 2.15. The van der Waals surface area contributed by atoms with Crippen LogP contribution in [0.2, 0.25) is 0 Å². The van der Waals surface area contributed by atoms with Gasteiger partial charge in [0, 0.05) is 6.04 Å². The molecule has 1 N–H and O–H groups in total. The molecule has 0 saturated carbocycles. The zero-order valence-corrected chi connectivity index (χ0v) is 10.1. The normalized spacial score (nSPS) is 12.9. The third-order valence-electron chi connectivity index (χ3n) is 2.36. The molecule has 3 heteroatoms. The second-order valence-corrected chi connectivity index (χ2v) is 4.63. The van der Waals surface area contributed by atoms with Crippen molar-refractivity contribution >= 4 is 5.82 Å². The first-order valence-corrected chi connectivity index (χ1v) is 5.64. The van der Waals surface area contributed by atoms with Crippen molar-refractivity contribution < 1.29 is 0 Å². The van der Waals surface area contributed by atoms with Gasteiger partial charge >= 0.3 is 0 Å². The van der Waals surface area contributed by atoms with Gasteiger partial charge in [-0.1, -0.05) is 13.8 Å². The molecule has 0 radical (unpaired) electrons. The zero-order chi connectivity index (χ0) is 11.3. The van der Waals surface area contributed by atoms with E-state index in [-0.39, 0.29) is 0 Å². The van der Waals surface area contributed by atoms with Crippen molar-refractivity contribution in [2.75, 3.05) is 5.32 Å². The Bertz CT molecular complexity index is 297. The molecule has 0 aliphatic carbocycles. The maximum Gasteiger partial charge on any atom is 0.149 e. The van der Waals surface area contributed by atoms with Crippen molar-refractivity contribution in [2.45, 2.75) is 46.6 Å². The standard InChI is InChI=1S/C12H21N3/c1-9(2)5-6-11(4)14-12-7-10(3)8-13-15-12/h7-9,11H,5-6H2,1-4H3,(H,14,15). The Morgan fingerprint density at radius 3 is 2.60 bits per heavy atom. The van der Waals surface area contributed by atoms with Crippen molar-refractivity contribution in [3.05, 3.63) is 17.8 Å². The topological polar surface area (TPSA) is 37.8 Å². The minimum atomic E-state index is 0.462. The van der Waals surface area contributed by atoms with Gasteiger partial charge in [0.25, 0.3) is 0 Å². The summed E-state index contributed by atoms with van der Waals surface area (Å²) in [6.45, 7) is 8.71. The fraction of sp³-hybridized carbons (Fsp3) is 0.667. The molecule has 3 nitrogen and oxygen atoms in total. The second kappa shape index (κ2) is 5.69. The molecular formula is C12H21N3. The summed E-state index contributed by atoms with van der Waals surface area (Å²) in [5.41, 5.74) is 1.14. The summed E-state index contributed by atoms with van der Waals surface area (Å²) in [4.78, 5) is 0. The van der Waals surface area contributed by atoms with Crippen LogP contribution in [0.25, 0.3) is 0 Å². The molecule has 1 aromatic rings. The molecule has 1 atom stereocenters. The lowest BCUT2D eigenvalue weighted by molar-refractivity contribution is 0.527. The Morgan fingerprint density at radius 1 is 1.27 bits per heavy atom. The molecule has 0 saturated heterocycles. The lowest BCUT2D eigenvalue weighted by Gasteiger charge is -2.15. The summed E-state index contributed by atoms with van der Waals surface area (Å²) >= 11 is 0. The molecule has 0 spiro atoms. The number of nitrogens with zero attached hydrogens (tertiary/aromatic N) is 2. The molecule has 0 fully saturated rings. The van der Waals surface area contributed by atoms with Crippen LogP contribution in [0.15, 0.2) is 12.3 Å². The highest BCUT2D eigenvalue weighted by atomic mass is 15.2. The van der Waals surface area contributed by atoms with Gasteiger partial charge in [-0.3, -0.25) is 0 Å². The van der Waals surface area contributed by atoms with Crippen LogP contribution in [-0.4, -0.2) is 16.2 Å². The third-order valence-corrected chi connectivity index (χ3v) is 2.36. The average molecular weight is 207 g/mol. The van der Waals surface area contributed by atoms with Gasteiger partial charge in [-0.25, -0.2) is 0 Å². The molecule has 84 valence electrons. The molecule has 0 bridgehead atoms. The summed E-state index contributed by atoms with van der Waals surface area (Å²) in [6, 6.07) is 2.49. The van der Waals surface area contributed by atoms with Gasteiger partial charge in [-0.15, -0.1) is 5.10 Å². The van der Waals surface area contributed by atoms with Crippen LogP contribution in [0.5, 0.6) is 0 Å². The number of hydrogen-bond donors (Lipinski definition) is 1. The SMILES string of the molecule is Cc1cnnc(NC(C)CCC(C)C)c1. The van der Waals surface area contributed by atoms with Crippen molar-refractivity contribution in [1.29, 1.82) is 0 Å². The van der Waals surface area contributed by atoms with Gasteiger partial charge in [0.05, 0.1) is 6.20 Å². The van der Waals surface area contributed by atoms with E-state index in [0.717, 1.165) is 17.3 Å². The Morgan fingerprint density at radius 2 is 2.00 bits per heavy atom. The molecule has 1 rings (SSSR count). The maximum atomic E-state index is 4.05. The van der Waals surface area contributed by atoms with Crippen molar-refractivity contribution in [1.82, 2.24) is 10.2 Å². The summed E-state index contributed by atoms with van der Waals surface area (Å²) in [5.74, 6) is 1.64. The van der Waals surface area contributed by atoms with Crippen LogP contribution in [0.3, 0.4) is 0 Å². The number of nitrogens with one attached hydrogen (secondary N) is 1. The van der Waals surface area contributed by atoms with Crippen LogP contribution >= 0.6 is 0 Å². The quantitative estimate of drug-likeness (QED) is 0.806. The minimum Gasteiger partial charge on any atom is -0.366 e. The van der Waals surface area contributed by atoms with E-state index in [1.54, 1.807) is 6.20 Å². The van der Waals surface area contributed by atoms with Gasteiger partial charge < -0.3 is 5.32 Å². The van der Waals surface area contributed by atoms with E-state index >= 15 is 0 Å². The number of anilines is 1. The molecule has 1 heterocycles. The number of aryl methyl sites for hydroxylation is 1. The van der Waals surface area contributed by atoms with E-state index in [1.165, 1.54) is 12.8 Å². The van der Waals surface area contributed by atoms with Gasteiger partial charge in [-0.2, -0.15) is 5.10 Å². The predicted molar refractivity (Wildman–Crippen MR) is 63.9 cm³/mol. The van der Waals surface area contributed by atoms with Crippen LogP contribution in [0, 0.1) is 12.8 Å². The number of hydrogen-bond acceptors (Lipinski definition) is 3. The highest BCUT2D eigenvalue weighted by Crippen LogP contribution is 2.11. The highest BCUT2D eigenvalue weighted by Gasteiger charge is 2.04.